The number of rotatable bonds is 6. The first kappa shape index (κ1) is 22.7. The van der Waals surface area contributed by atoms with Gasteiger partial charge in [-0.05, 0) is 30.3 Å². The maximum atomic E-state index is 13.0. The van der Waals surface area contributed by atoms with Crippen LogP contribution in [0.1, 0.15) is 15.9 Å². The highest BCUT2D eigenvalue weighted by Gasteiger charge is 2.34. The van der Waals surface area contributed by atoms with Crippen molar-refractivity contribution in [2.24, 2.45) is 0 Å². The summed E-state index contributed by atoms with van der Waals surface area (Å²) in [5.74, 6) is 0.529. The van der Waals surface area contributed by atoms with E-state index in [1.165, 1.54) is 27.4 Å². The van der Waals surface area contributed by atoms with Gasteiger partial charge in [0.1, 0.15) is 0 Å². The molecule has 0 aliphatic heterocycles. The van der Waals surface area contributed by atoms with E-state index in [9.17, 15) is 18.0 Å². The standard InChI is InChI=1S/C20H16ClF3N2O4S/c1-28-15-7-11(8-16(29-2)17(15)30-3)14-9-31-19(25-14)26-18(27)10-4-5-13(21)12(6-10)20(22,23)24/h4-9H,1-3H3,(H,25,26,27). The van der Waals surface area contributed by atoms with Gasteiger partial charge in [-0.1, -0.05) is 11.6 Å². The van der Waals surface area contributed by atoms with E-state index in [1.807, 2.05) is 0 Å². The van der Waals surface area contributed by atoms with Gasteiger partial charge in [0, 0.05) is 16.5 Å². The predicted octanol–water partition coefficient (Wildman–Crippen LogP) is 5.76. The summed E-state index contributed by atoms with van der Waals surface area (Å²) >= 11 is 6.71. The summed E-state index contributed by atoms with van der Waals surface area (Å²) in [6.45, 7) is 0. The zero-order valence-corrected chi connectivity index (χ0v) is 18.0. The number of amides is 1. The van der Waals surface area contributed by atoms with Gasteiger partial charge in [0.2, 0.25) is 5.75 Å². The average Bonchev–Trinajstić information content (AvgIpc) is 3.20. The fraction of sp³-hybridized carbons (Fsp3) is 0.200. The van der Waals surface area contributed by atoms with Gasteiger partial charge in [-0.25, -0.2) is 4.98 Å². The number of hydrogen-bond acceptors (Lipinski definition) is 6. The maximum Gasteiger partial charge on any atom is 0.417 e. The van der Waals surface area contributed by atoms with Crippen molar-refractivity contribution in [3.8, 4) is 28.5 Å². The highest BCUT2D eigenvalue weighted by atomic mass is 35.5. The number of hydrogen-bond donors (Lipinski definition) is 1. The summed E-state index contributed by atoms with van der Waals surface area (Å²) in [7, 11) is 4.45. The zero-order valence-electron chi connectivity index (χ0n) is 16.5. The summed E-state index contributed by atoms with van der Waals surface area (Å²) in [6.07, 6.45) is -4.67. The van der Waals surface area contributed by atoms with E-state index in [1.54, 1.807) is 17.5 Å². The minimum atomic E-state index is -4.67. The van der Waals surface area contributed by atoms with Crippen LogP contribution in [0.2, 0.25) is 5.02 Å². The highest BCUT2D eigenvalue weighted by molar-refractivity contribution is 7.14. The molecule has 3 rings (SSSR count). The van der Waals surface area contributed by atoms with Crippen LogP contribution >= 0.6 is 22.9 Å². The minimum absolute atomic E-state index is 0.193. The van der Waals surface area contributed by atoms with Crippen molar-refractivity contribution in [3.05, 3.63) is 51.9 Å². The summed E-state index contributed by atoms with van der Waals surface area (Å²) < 4.78 is 55.0. The third-order valence-electron chi connectivity index (χ3n) is 4.22. The largest absolute Gasteiger partial charge is 0.493 e. The molecule has 0 saturated carbocycles. The fourth-order valence-corrected chi connectivity index (χ4v) is 3.69. The topological polar surface area (TPSA) is 69.7 Å². The Hall–Kier alpha value is -2.98. The molecule has 0 radical (unpaired) electrons. The average molecular weight is 473 g/mol. The first-order valence-electron chi connectivity index (χ1n) is 8.62. The zero-order chi connectivity index (χ0) is 22.8. The highest BCUT2D eigenvalue weighted by Crippen LogP contribution is 2.41. The van der Waals surface area contributed by atoms with Gasteiger partial charge in [0.25, 0.3) is 5.91 Å². The molecular formula is C20H16ClF3N2O4S. The van der Waals surface area contributed by atoms with Crippen molar-refractivity contribution in [2.75, 3.05) is 26.6 Å². The Bertz CT molecular complexity index is 1090. The molecule has 0 atom stereocenters. The van der Waals surface area contributed by atoms with Crippen LogP contribution in [0.4, 0.5) is 18.3 Å². The summed E-state index contributed by atoms with van der Waals surface area (Å²) in [5.41, 5.74) is -0.135. The molecule has 11 heteroatoms. The van der Waals surface area contributed by atoms with Gasteiger partial charge < -0.3 is 14.2 Å². The van der Waals surface area contributed by atoms with Gasteiger partial charge in [0.15, 0.2) is 16.6 Å². The second kappa shape index (κ2) is 9.03. The molecule has 0 fully saturated rings. The number of halogens is 4. The van der Waals surface area contributed by atoms with Gasteiger partial charge in [-0.15, -0.1) is 11.3 Å². The van der Waals surface area contributed by atoms with E-state index < -0.39 is 22.7 Å². The Morgan fingerprint density at radius 1 is 1.06 bits per heavy atom. The lowest BCUT2D eigenvalue weighted by Crippen LogP contribution is -2.14. The monoisotopic (exact) mass is 472 g/mol. The molecule has 3 aromatic rings. The van der Waals surface area contributed by atoms with Crippen LogP contribution in [-0.2, 0) is 6.18 Å². The van der Waals surface area contributed by atoms with E-state index in [4.69, 9.17) is 25.8 Å². The van der Waals surface area contributed by atoms with E-state index in [-0.39, 0.29) is 10.7 Å². The number of carbonyl (C=O) groups excluding carboxylic acids is 1. The Balaban J connectivity index is 1.86. The molecule has 1 heterocycles. The lowest BCUT2D eigenvalue weighted by molar-refractivity contribution is -0.137. The summed E-state index contributed by atoms with van der Waals surface area (Å²) in [4.78, 5) is 16.8. The third kappa shape index (κ3) is 4.86. The summed E-state index contributed by atoms with van der Waals surface area (Å²) in [6, 6.07) is 6.32. The van der Waals surface area contributed by atoms with Gasteiger partial charge >= 0.3 is 6.18 Å². The van der Waals surface area contributed by atoms with Crippen molar-refractivity contribution in [3.63, 3.8) is 0 Å². The normalized spacial score (nSPS) is 11.2. The van der Waals surface area contributed by atoms with Crippen LogP contribution in [0.25, 0.3) is 11.3 Å². The second-order valence-electron chi connectivity index (χ2n) is 6.10. The first-order chi connectivity index (χ1) is 14.7. The van der Waals surface area contributed by atoms with Crippen LogP contribution in [0.15, 0.2) is 35.7 Å². The molecule has 0 unspecified atom stereocenters. The molecule has 1 amide bonds. The number of thiazole rings is 1. The van der Waals surface area contributed by atoms with E-state index in [2.05, 4.69) is 10.3 Å². The number of ether oxygens (including phenoxy) is 3. The van der Waals surface area contributed by atoms with Crippen molar-refractivity contribution in [1.29, 1.82) is 0 Å². The molecule has 0 saturated heterocycles. The molecule has 0 spiro atoms. The van der Waals surface area contributed by atoms with Crippen LogP contribution in [-0.4, -0.2) is 32.2 Å². The number of nitrogens with zero attached hydrogens (tertiary/aromatic N) is 1. The molecule has 31 heavy (non-hydrogen) atoms. The second-order valence-corrected chi connectivity index (χ2v) is 7.36. The Morgan fingerprint density at radius 2 is 1.71 bits per heavy atom. The lowest BCUT2D eigenvalue weighted by Gasteiger charge is -2.13. The van der Waals surface area contributed by atoms with Crippen LogP contribution in [0, 0.1) is 0 Å². The molecule has 0 aliphatic carbocycles. The Labute approximate surface area is 184 Å². The molecule has 0 bridgehead atoms. The van der Waals surface area contributed by atoms with Crippen LogP contribution in [0.5, 0.6) is 17.2 Å². The third-order valence-corrected chi connectivity index (χ3v) is 5.31. The quantitative estimate of drug-likeness (QED) is 0.494. The van der Waals surface area contributed by atoms with Crippen molar-refractivity contribution >= 4 is 34.0 Å². The number of anilines is 1. The van der Waals surface area contributed by atoms with Crippen LogP contribution in [0.3, 0.4) is 0 Å². The molecule has 6 nitrogen and oxygen atoms in total. The first-order valence-corrected chi connectivity index (χ1v) is 9.87. The molecule has 2 aromatic carbocycles. The smallest absolute Gasteiger partial charge is 0.417 e. The molecule has 1 aromatic heterocycles. The number of benzene rings is 2. The van der Waals surface area contributed by atoms with Gasteiger partial charge in [-0.2, -0.15) is 13.2 Å². The van der Waals surface area contributed by atoms with E-state index in [0.29, 0.717) is 34.6 Å². The Kier molecular flexibility index (Phi) is 6.61. The predicted molar refractivity (Wildman–Crippen MR) is 112 cm³/mol. The summed E-state index contributed by atoms with van der Waals surface area (Å²) in [5, 5.41) is 3.90. The SMILES string of the molecule is COc1cc(-c2csc(NC(=O)c3ccc(Cl)c(C(F)(F)F)c3)n2)cc(OC)c1OC. The molecule has 164 valence electrons. The number of carbonyl (C=O) groups is 1. The molecule has 1 N–H and O–H groups in total. The Morgan fingerprint density at radius 3 is 2.26 bits per heavy atom. The number of nitrogens with one attached hydrogen (secondary N) is 1. The van der Waals surface area contributed by atoms with Crippen molar-refractivity contribution in [2.45, 2.75) is 6.18 Å². The van der Waals surface area contributed by atoms with Crippen molar-refractivity contribution < 1.29 is 32.2 Å². The van der Waals surface area contributed by atoms with E-state index >= 15 is 0 Å². The number of methoxy groups -OCH3 is 3. The molecular weight excluding hydrogens is 457 g/mol. The van der Waals surface area contributed by atoms with Gasteiger partial charge in [0.05, 0.1) is 37.6 Å². The minimum Gasteiger partial charge on any atom is -0.493 e. The van der Waals surface area contributed by atoms with Gasteiger partial charge in [-0.3, -0.25) is 10.1 Å². The molecule has 0 aliphatic rings. The number of aromatic nitrogens is 1. The fourth-order valence-electron chi connectivity index (χ4n) is 2.75. The number of alkyl halides is 3. The van der Waals surface area contributed by atoms with E-state index in [0.717, 1.165) is 17.4 Å². The maximum absolute atomic E-state index is 13.0. The van der Waals surface area contributed by atoms with Crippen molar-refractivity contribution in [1.82, 2.24) is 4.98 Å². The van der Waals surface area contributed by atoms with Crippen LogP contribution < -0.4 is 19.5 Å². The lowest BCUT2D eigenvalue weighted by atomic mass is 10.1.